The summed E-state index contributed by atoms with van der Waals surface area (Å²) >= 11 is 0. The Labute approximate surface area is 158 Å². The molecule has 6 nitrogen and oxygen atoms in total. The number of carbonyl (C=O) groups is 1. The van der Waals surface area contributed by atoms with Crippen LogP contribution in [0.25, 0.3) is 0 Å². The number of Topliss-reactive ketones (excluding diaryl/α,β-unsaturated/α-hetero) is 1. The van der Waals surface area contributed by atoms with Crippen LogP contribution in [-0.4, -0.2) is 15.7 Å². The molecule has 2 aromatic carbocycles. The molecular formula is C18H10F3N3O3S. The van der Waals surface area contributed by atoms with Crippen LogP contribution in [0.5, 0.6) is 11.5 Å². The Morgan fingerprint density at radius 3 is 2.57 bits per heavy atom. The largest absolute Gasteiger partial charge is 0.457 e. The first kappa shape index (κ1) is 19.4. The molecule has 1 atom stereocenters. The van der Waals surface area contributed by atoms with Crippen molar-refractivity contribution in [2.24, 2.45) is 4.36 Å². The second kappa shape index (κ2) is 7.33. The van der Waals surface area contributed by atoms with Crippen molar-refractivity contribution >= 4 is 15.5 Å². The number of fused-ring (bicyclic) bond motifs is 1. The fraction of sp³-hybridized carbons (Fsp3) is 0.167. The highest BCUT2D eigenvalue weighted by Crippen LogP contribution is 2.39. The van der Waals surface area contributed by atoms with E-state index in [0.717, 1.165) is 24.4 Å². The van der Waals surface area contributed by atoms with Crippen molar-refractivity contribution in [1.82, 2.24) is 0 Å². The van der Waals surface area contributed by atoms with E-state index in [-0.39, 0.29) is 41.0 Å². The van der Waals surface area contributed by atoms with E-state index in [1.54, 1.807) is 6.07 Å². The molecule has 0 aliphatic heterocycles. The van der Waals surface area contributed by atoms with Gasteiger partial charge in [-0.25, -0.2) is 8.60 Å². The summed E-state index contributed by atoms with van der Waals surface area (Å²) in [7, 11) is -4.45. The van der Waals surface area contributed by atoms with Crippen molar-refractivity contribution in [2.75, 3.05) is 0 Å². The molecule has 142 valence electrons. The van der Waals surface area contributed by atoms with Crippen molar-refractivity contribution in [1.29, 1.82) is 10.5 Å². The van der Waals surface area contributed by atoms with Crippen LogP contribution in [0.1, 0.15) is 27.9 Å². The summed E-state index contributed by atoms with van der Waals surface area (Å²) in [5.74, 6) is -4.67. The number of benzene rings is 2. The van der Waals surface area contributed by atoms with E-state index in [1.165, 1.54) is 12.1 Å². The van der Waals surface area contributed by atoms with E-state index in [9.17, 15) is 22.2 Å². The van der Waals surface area contributed by atoms with Gasteiger partial charge in [0, 0.05) is 23.6 Å². The molecule has 0 radical (unpaired) electrons. The fourth-order valence-corrected chi connectivity index (χ4v) is 4.21. The van der Waals surface area contributed by atoms with Crippen LogP contribution in [0.2, 0.25) is 0 Å². The lowest BCUT2D eigenvalue weighted by Gasteiger charge is -2.15. The molecule has 0 bridgehead atoms. The smallest absolute Gasteiger partial charge is 0.324 e. The van der Waals surface area contributed by atoms with Crippen LogP contribution < -0.4 is 4.74 Å². The van der Waals surface area contributed by atoms with Gasteiger partial charge in [0.05, 0.1) is 16.5 Å². The third-order valence-electron chi connectivity index (χ3n) is 4.07. The standard InChI is InChI=1S/C18H10F3N3O3S/c19-11-5-10(8-22)6-12(7-11)27-15-3-4-16(17-13(15)1-2-14(17)25)28(26,18(20)21)24-9-23/h3-7,18H,1-2H2. The van der Waals surface area contributed by atoms with Crippen molar-refractivity contribution in [2.45, 2.75) is 23.5 Å². The molecule has 0 saturated heterocycles. The second-order valence-electron chi connectivity index (χ2n) is 5.75. The SMILES string of the molecule is N#CN=S(=O)(c1ccc(Oc2cc(F)cc(C#N)c2)c2c1C(=O)CC2)C(F)F. The van der Waals surface area contributed by atoms with Gasteiger partial charge >= 0.3 is 5.76 Å². The van der Waals surface area contributed by atoms with Crippen LogP contribution in [0, 0.1) is 28.6 Å². The summed E-state index contributed by atoms with van der Waals surface area (Å²) in [4.78, 5) is 11.7. The number of alkyl halides is 2. The molecule has 0 aromatic heterocycles. The lowest BCUT2D eigenvalue weighted by atomic mass is 10.1. The van der Waals surface area contributed by atoms with Gasteiger partial charge in [-0.1, -0.05) is 0 Å². The van der Waals surface area contributed by atoms with E-state index in [4.69, 9.17) is 15.3 Å². The van der Waals surface area contributed by atoms with Crippen LogP contribution >= 0.6 is 0 Å². The van der Waals surface area contributed by atoms with E-state index >= 15 is 0 Å². The Morgan fingerprint density at radius 2 is 1.93 bits per heavy atom. The molecular weight excluding hydrogens is 395 g/mol. The number of ketones is 1. The van der Waals surface area contributed by atoms with E-state index in [0.29, 0.717) is 0 Å². The molecule has 28 heavy (non-hydrogen) atoms. The summed E-state index contributed by atoms with van der Waals surface area (Å²) in [5.41, 5.74) is -0.00150. The van der Waals surface area contributed by atoms with Gasteiger partial charge in [0.2, 0.25) is 6.19 Å². The summed E-state index contributed by atoms with van der Waals surface area (Å²) < 4.78 is 61.4. The Balaban J connectivity index is 2.17. The molecule has 1 unspecified atom stereocenters. The normalized spacial score (nSPS) is 14.7. The zero-order valence-corrected chi connectivity index (χ0v) is 14.8. The first-order valence-corrected chi connectivity index (χ1v) is 9.38. The number of nitriles is 2. The van der Waals surface area contributed by atoms with E-state index in [2.05, 4.69) is 4.36 Å². The average Bonchev–Trinajstić information content (AvgIpc) is 3.03. The molecule has 0 N–H and O–H groups in total. The number of carbonyl (C=O) groups excluding carboxylic acids is 1. The Morgan fingerprint density at radius 1 is 1.18 bits per heavy atom. The molecule has 1 aliphatic rings. The molecule has 0 spiro atoms. The Bertz CT molecular complexity index is 1190. The van der Waals surface area contributed by atoms with Crippen LogP contribution in [0.4, 0.5) is 13.2 Å². The van der Waals surface area contributed by atoms with E-state index < -0.39 is 32.0 Å². The van der Waals surface area contributed by atoms with Gasteiger partial charge in [0.25, 0.3) is 0 Å². The molecule has 3 rings (SSSR count). The van der Waals surface area contributed by atoms with Crippen molar-refractivity contribution in [3.05, 3.63) is 52.8 Å². The minimum absolute atomic E-state index is 0.00730. The average molecular weight is 405 g/mol. The summed E-state index contributed by atoms with van der Waals surface area (Å²) in [6, 6.07) is 7.27. The third kappa shape index (κ3) is 3.30. The lowest BCUT2D eigenvalue weighted by Crippen LogP contribution is -2.15. The first-order valence-electron chi connectivity index (χ1n) is 7.80. The zero-order chi connectivity index (χ0) is 20.5. The number of hydrogen-bond donors (Lipinski definition) is 0. The maximum Gasteiger partial charge on any atom is 0.324 e. The van der Waals surface area contributed by atoms with Crippen molar-refractivity contribution < 1.29 is 26.9 Å². The van der Waals surface area contributed by atoms with Gasteiger partial charge < -0.3 is 4.74 Å². The van der Waals surface area contributed by atoms with Crippen LogP contribution in [0.15, 0.2) is 39.6 Å². The molecule has 0 amide bonds. The molecule has 2 aromatic rings. The molecule has 0 fully saturated rings. The maximum atomic E-state index is 13.6. The molecule has 0 saturated carbocycles. The quantitative estimate of drug-likeness (QED) is 0.711. The Kier molecular flexibility index (Phi) is 5.08. The number of ether oxygens (including phenoxy) is 1. The number of halogens is 3. The van der Waals surface area contributed by atoms with Crippen molar-refractivity contribution in [3.63, 3.8) is 0 Å². The van der Waals surface area contributed by atoms with Crippen LogP contribution in [0.3, 0.4) is 0 Å². The predicted octanol–water partition coefficient (Wildman–Crippen LogP) is 4.15. The first-order chi connectivity index (χ1) is 13.3. The topological polar surface area (TPSA) is 103 Å². The van der Waals surface area contributed by atoms with Gasteiger partial charge in [0.15, 0.2) is 15.5 Å². The monoisotopic (exact) mass is 405 g/mol. The molecule has 0 heterocycles. The highest BCUT2D eigenvalue weighted by Gasteiger charge is 2.35. The van der Waals surface area contributed by atoms with Gasteiger partial charge in [-0.3, -0.25) is 4.79 Å². The van der Waals surface area contributed by atoms with Gasteiger partial charge in [-0.05, 0) is 30.7 Å². The lowest BCUT2D eigenvalue weighted by molar-refractivity contribution is 0.0992. The minimum atomic E-state index is -4.45. The fourth-order valence-electron chi connectivity index (χ4n) is 2.92. The maximum absolute atomic E-state index is 13.6. The highest BCUT2D eigenvalue weighted by molar-refractivity contribution is 7.94. The number of rotatable bonds is 4. The summed E-state index contributed by atoms with van der Waals surface area (Å²) in [6.07, 6.45) is 1.22. The third-order valence-corrected chi connectivity index (χ3v) is 5.88. The molecule has 1 aliphatic carbocycles. The zero-order valence-electron chi connectivity index (χ0n) is 14.0. The van der Waals surface area contributed by atoms with E-state index in [1.807, 2.05) is 0 Å². The summed E-state index contributed by atoms with van der Waals surface area (Å²) in [6.45, 7) is 0. The van der Waals surface area contributed by atoms with Gasteiger partial charge in [-0.2, -0.15) is 19.3 Å². The minimum Gasteiger partial charge on any atom is -0.457 e. The van der Waals surface area contributed by atoms with Crippen molar-refractivity contribution in [3.8, 4) is 23.8 Å². The Hall–Kier alpha value is -3.37. The summed E-state index contributed by atoms with van der Waals surface area (Å²) in [5, 5.41) is 17.6. The highest BCUT2D eigenvalue weighted by atomic mass is 32.2. The predicted molar refractivity (Wildman–Crippen MR) is 90.7 cm³/mol. The molecule has 10 heteroatoms. The van der Waals surface area contributed by atoms with Gasteiger partial charge in [-0.15, -0.1) is 4.36 Å². The van der Waals surface area contributed by atoms with Gasteiger partial charge in [0.1, 0.15) is 17.3 Å². The number of hydrogen-bond acceptors (Lipinski definition) is 6. The number of nitrogens with zero attached hydrogens (tertiary/aromatic N) is 3. The van der Waals surface area contributed by atoms with Crippen LogP contribution in [-0.2, 0) is 16.1 Å². The second-order valence-corrected chi connectivity index (χ2v) is 7.86.